The summed E-state index contributed by atoms with van der Waals surface area (Å²) in [6.45, 7) is 7.15. The number of rotatable bonds is 4. The van der Waals surface area contributed by atoms with Gasteiger partial charge in [-0.2, -0.15) is 0 Å². The van der Waals surface area contributed by atoms with Gasteiger partial charge in [0.25, 0.3) is 0 Å². The minimum absolute atomic E-state index is 0.221. The van der Waals surface area contributed by atoms with E-state index in [1.54, 1.807) is 33.2 Å². The molecule has 0 radical (unpaired) electrons. The second-order valence-electron chi connectivity index (χ2n) is 7.06. The van der Waals surface area contributed by atoms with Gasteiger partial charge in [0, 0.05) is 17.8 Å². The minimum atomic E-state index is -0.828. The van der Waals surface area contributed by atoms with Crippen LogP contribution in [0.15, 0.2) is 10.9 Å². The second-order valence-corrected chi connectivity index (χ2v) is 7.77. The molecule has 2 heterocycles. The third kappa shape index (κ3) is 4.68. The number of hydrogen-bond donors (Lipinski definition) is 2. The number of primary amides is 1. The molecule has 25 heavy (non-hydrogen) atoms. The predicted molar refractivity (Wildman–Crippen MR) is 93.0 cm³/mol. The van der Waals surface area contributed by atoms with Crippen LogP contribution in [0.3, 0.4) is 0 Å². The zero-order valence-corrected chi connectivity index (χ0v) is 15.6. The number of alkyl carbamates (subject to hydrolysis) is 1. The Balaban J connectivity index is 2.07. The highest BCUT2D eigenvalue weighted by atomic mass is 32.1. The van der Waals surface area contributed by atoms with Crippen LogP contribution < -0.4 is 11.1 Å². The molecule has 3 N–H and O–H groups in total. The molecule has 3 atom stereocenters. The van der Waals surface area contributed by atoms with E-state index in [4.69, 9.17) is 10.5 Å². The molecular formula is C16H24N4O4S. The van der Waals surface area contributed by atoms with Gasteiger partial charge in [-0.3, -0.25) is 9.59 Å². The van der Waals surface area contributed by atoms with Crippen LogP contribution in [0.4, 0.5) is 4.79 Å². The Bertz CT molecular complexity index is 641. The number of aromatic nitrogens is 1. The van der Waals surface area contributed by atoms with Gasteiger partial charge in [0.1, 0.15) is 17.7 Å². The lowest BCUT2D eigenvalue weighted by atomic mass is 9.97. The molecule has 0 saturated carbocycles. The van der Waals surface area contributed by atoms with Crippen molar-refractivity contribution in [3.63, 3.8) is 0 Å². The van der Waals surface area contributed by atoms with Crippen LogP contribution in [-0.2, 0) is 14.3 Å². The molecular weight excluding hydrogens is 344 g/mol. The van der Waals surface area contributed by atoms with Crippen molar-refractivity contribution >= 4 is 29.2 Å². The van der Waals surface area contributed by atoms with Crippen LogP contribution in [0, 0.1) is 0 Å². The maximum Gasteiger partial charge on any atom is 0.408 e. The lowest BCUT2D eigenvalue weighted by Crippen LogP contribution is -2.53. The largest absolute Gasteiger partial charge is 0.444 e. The fourth-order valence-electron chi connectivity index (χ4n) is 2.90. The van der Waals surface area contributed by atoms with Crippen LogP contribution in [0.1, 0.15) is 45.7 Å². The molecule has 1 aliphatic rings. The zero-order chi connectivity index (χ0) is 18.8. The number of thiazole rings is 1. The van der Waals surface area contributed by atoms with Crippen LogP contribution in [0.25, 0.3) is 0 Å². The lowest BCUT2D eigenvalue weighted by Gasteiger charge is -2.28. The van der Waals surface area contributed by atoms with E-state index in [2.05, 4.69) is 10.3 Å². The SMILES string of the molecule is C[C@H](NC(=O)OC(C)(C)C)C(=O)N1CCC(c2cscn2)[C@H]1C(N)=O. The quantitative estimate of drug-likeness (QED) is 0.829. The lowest BCUT2D eigenvalue weighted by molar-refractivity contribution is -0.138. The van der Waals surface area contributed by atoms with Crippen LogP contribution in [0.5, 0.6) is 0 Å². The van der Waals surface area contributed by atoms with Crippen molar-refractivity contribution in [3.05, 3.63) is 16.6 Å². The van der Waals surface area contributed by atoms with Crippen molar-refractivity contribution in [3.8, 4) is 0 Å². The number of carbonyl (C=O) groups excluding carboxylic acids is 3. The highest BCUT2D eigenvalue weighted by Crippen LogP contribution is 2.33. The maximum absolute atomic E-state index is 12.7. The summed E-state index contributed by atoms with van der Waals surface area (Å²) in [7, 11) is 0. The molecule has 2 rings (SSSR count). The number of amides is 3. The van der Waals surface area contributed by atoms with E-state index in [9.17, 15) is 14.4 Å². The number of hydrogen-bond acceptors (Lipinski definition) is 6. The third-order valence-corrected chi connectivity index (χ3v) is 4.51. The van der Waals surface area contributed by atoms with Gasteiger partial charge in [-0.05, 0) is 34.1 Å². The summed E-state index contributed by atoms with van der Waals surface area (Å²) in [5.74, 6) is -1.16. The molecule has 1 fully saturated rings. The van der Waals surface area contributed by atoms with Crippen LogP contribution >= 0.6 is 11.3 Å². The Kier molecular flexibility index (Phi) is 5.66. The summed E-state index contributed by atoms with van der Waals surface area (Å²) in [6, 6.07) is -1.59. The Morgan fingerprint density at radius 2 is 2.12 bits per heavy atom. The van der Waals surface area contributed by atoms with Gasteiger partial charge in [-0.1, -0.05) is 0 Å². The monoisotopic (exact) mass is 368 g/mol. The smallest absolute Gasteiger partial charge is 0.408 e. The van der Waals surface area contributed by atoms with Gasteiger partial charge < -0.3 is 20.7 Å². The van der Waals surface area contributed by atoms with E-state index >= 15 is 0 Å². The third-order valence-electron chi connectivity index (χ3n) is 3.91. The second kappa shape index (κ2) is 7.38. The number of likely N-dealkylation sites (tertiary alicyclic amines) is 1. The first kappa shape index (κ1) is 19.2. The summed E-state index contributed by atoms with van der Waals surface area (Å²) < 4.78 is 5.15. The fraction of sp³-hybridized carbons (Fsp3) is 0.625. The Morgan fingerprint density at radius 1 is 1.44 bits per heavy atom. The van der Waals surface area contributed by atoms with Crippen molar-refractivity contribution in [2.24, 2.45) is 5.73 Å². The first-order valence-electron chi connectivity index (χ1n) is 8.07. The number of carbonyl (C=O) groups is 3. The highest BCUT2D eigenvalue weighted by molar-refractivity contribution is 7.07. The minimum Gasteiger partial charge on any atom is -0.444 e. The molecule has 8 nitrogen and oxygen atoms in total. The van der Waals surface area contributed by atoms with Gasteiger partial charge in [0.2, 0.25) is 11.8 Å². The van der Waals surface area contributed by atoms with E-state index in [0.29, 0.717) is 13.0 Å². The van der Waals surface area contributed by atoms with E-state index in [0.717, 1.165) is 5.69 Å². The summed E-state index contributed by atoms with van der Waals surface area (Å²) >= 11 is 1.43. The standard InChI is InChI=1S/C16H24N4O4S/c1-9(19-15(23)24-16(2,3)4)14(22)20-6-5-10(12(20)13(17)21)11-7-25-8-18-11/h7-10,12H,5-6H2,1-4H3,(H2,17,21)(H,19,23)/t9-,10?,12-/m0/s1. The fourth-order valence-corrected chi connectivity index (χ4v) is 3.52. The van der Waals surface area contributed by atoms with E-state index < -0.39 is 29.7 Å². The molecule has 1 aliphatic heterocycles. The molecule has 0 aromatic carbocycles. The first-order valence-corrected chi connectivity index (χ1v) is 9.02. The van der Waals surface area contributed by atoms with Gasteiger partial charge in [-0.25, -0.2) is 9.78 Å². The molecule has 0 bridgehead atoms. The summed E-state index contributed by atoms with van der Waals surface area (Å²) in [5.41, 5.74) is 7.32. The Morgan fingerprint density at radius 3 is 2.64 bits per heavy atom. The molecule has 0 spiro atoms. The molecule has 0 aliphatic carbocycles. The van der Waals surface area contributed by atoms with Gasteiger partial charge in [0.15, 0.2) is 0 Å². The van der Waals surface area contributed by atoms with Crippen LogP contribution in [-0.4, -0.2) is 52.0 Å². The molecule has 1 unspecified atom stereocenters. The van der Waals surface area contributed by atoms with Gasteiger partial charge in [0.05, 0.1) is 11.2 Å². The highest BCUT2D eigenvalue weighted by Gasteiger charge is 2.43. The predicted octanol–water partition coefficient (Wildman–Crippen LogP) is 1.23. The zero-order valence-electron chi connectivity index (χ0n) is 14.8. The molecule has 3 amide bonds. The van der Waals surface area contributed by atoms with Gasteiger partial charge in [-0.15, -0.1) is 11.3 Å². The maximum atomic E-state index is 12.7. The van der Waals surface area contributed by atoms with Crippen molar-refractivity contribution in [2.75, 3.05) is 6.54 Å². The van der Waals surface area contributed by atoms with Crippen molar-refractivity contribution in [1.82, 2.24) is 15.2 Å². The van der Waals surface area contributed by atoms with Crippen molar-refractivity contribution in [2.45, 2.75) is 57.7 Å². The van der Waals surface area contributed by atoms with E-state index in [1.165, 1.54) is 16.2 Å². The average molecular weight is 368 g/mol. The average Bonchev–Trinajstić information content (AvgIpc) is 3.12. The number of nitrogens with two attached hydrogens (primary N) is 1. The number of nitrogens with one attached hydrogen (secondary N) is 1. The Labute approximate surface area is 150 Å². The van der Waals surface area contributed by atoms with Crippen LogP contribution in [0.2, 0.25) is 0 Å². The van der Waals surface area contributed by atoms with Gasteiger partial charge >= 0.3 is 6.09 Å². The topological polar surface area (TPSA) is 115 Å². The first-order chi connectivity index (χ1) is 11.6. The van der Waals surface area contributed by atoms with E-state index in [1.807, 2.05) is 5.38 Å². The summed E-state index contributed by atoms with van der Waals surface area (Å²) in [6.07, 6.45) is -0.0818. The molecule has 138 valence electrons. The number of nitrogens with zero attached hydrogens (tertiary/aromatic N) is 2. The normalized spacial score (nSPS) is 21.7. The summed E-state index contributed by atoms with van der Waals surface area (Å²) in [5, 5.41) is 4.36. The molecule has 1 aromatic heterocycles. The molecule has 9 heteroatoms. The van der Waals surface area contributed by atoms with Crippen molar-refractivity contribution in [1.29, 1.82) is 0 Å². The summed E-state index contributed by atoms with van der Waals surface area (Å²) in [4.78, 5) is 42.2. The Hall–Kier alpha value is -2.16. The van der Waals surface area contributed by atoms with Crippen molar-refractivity contribution < 1.29 is 19.1 Å². The van der Waals surface area contributed by atoms with E-state index in [-0.39, 0.29) is 11.8 Å². The molecule has 1 aromatic rings. The molecule has 1 saturated heterocycles. The number of ether oxygens (including phenoxy) is 1.